The fourth-order valence-electron chi connectivity index (χ4n) is 17.6. The van der Waals surface area contributed by atoms with Crippen molar-refractivity contribution in [2.24, 2.45) is 0 Å². The Hall–Kier alpha value is -16.7. The summed E-state index contributed by atoms with van der Waals surface area (Å²) in [7, 11) is 0. The van der Waals surface area contributed by atoms with Crippen LogP contribution < -0.4 is 59.8 Å². The van der Waals surface area contributed by atoms with Crippen LogP contribution in [0.15, 0.2) is 146 Å². The van der Waals surface area contributed by atoms with Crippen LogP contribution in [0.3, 0.4) is 0 Å². The van der Waals surface area contributed by atoms with E-state index in [1.165, 1.54) is 0 Å². The van der Waals surface area contributed by atoms with Gasteiger partial charge in [-0.2, -0.15) is 0 Å². The molecule has 0 saturated heterocycles. The molecule has 0 amide bonds. The zero-order valence-corrected chi connectivity index (χ0v) is 76.3. The van der Waals surface area contributed by atoms with Crippen molar-refractivity contribution >= 4 is 202 Å². The topological polar surface area (TPSA) is 324 Å². The van der Waals surface area contributed by atoms with Gasteiger partial charge in [-0.25, -0.2) is 115 Å². The van der Waals surface area contributed by atoms with Gasteiger partial charge < -0.3 is 44.9 Å². The maximum absolute atomic E-state index is 15.3. The first-order chi connectivity index (χ1) is 69.1. The maximum Gasteiger partial charge on any atom is 2.00 e. The van der Waals surface area contributed by atoms with E-state index in [-0.39, 0.29) is 226 Å². The molecule has 9 aromatic heterocycles. The number of hydrogen-bond donors (Lipinski definition) is 0. The molecule has 0 saturated carbocycles. The third kappa shape index (κ3) is 15.0. The fourth-order valence-corrected chi connectivity index (χ4v) is 17.6. The van der Waals surface area contributed by atoms with E-state index in [1.807, 2.05) is 0 Å². The molecule has 24 nitrogen and oxygen atoms in total. The molecule has 0 fully saturated rings. The second-order valence-corrected chi connectivity index (χ2v) is 32.4. The van der Waals surface area contributed by atoms with Crippen LogP contribution in [0.4, 0.5) is 105 Å². The molecule has 27 rings (SSSR count). The summed E-state index contributed by atoms with van der Waals surface area (Å²) in [6.07, 6.45) is 0. The van der Waals surface area contributed by atoms with Crippen molar-refractivity contribution in [1.29, 1.82) is 0 Å². The van der Waals surface area contributed by atoms with E-state index < -0.39 is 252 Å². The van der Waals surface area contributed by atoms with Crippen LogP contribution in [0.5, 0.6) is 0 Å². The fraction of sp³-hybridized carbons (Fsp3) is 0. The molecule has 15 heterocycles. The number of aromatic nitrogens is 24. The average Bonchev–Trinajstić information content (AvgIpc) is 1.59. The van der Waals surface area contributed by atoms with Crippen molar-refractivity contribution in [3.8, 4) is 137 Å². The summed E-state index contributed by atoms with van der Waals surface area (Å²) in [6, 6.07) is 19.3. The standard InChI is InChI=1S/3C32H8F8N8.3Mg/c33-17-1-9-10(2-18(17)34)26-41-25(9)45-27-11-3-19(35)20(36)4-12(11)29(42-27)47-31-15-7-23(39)24(40)8-16(15)32(44-31)48-30-14-6-22(38)21(37)5-13(14)28(43-30)46-26;33-13-1-2-14(34)22-21(13)29-43-25-9-5-17(37)18(38)6-10(9)27(41-25)45-31-23-15(35)3-4-16(36)24(23)32(48-31)46-28-12-8-20(40)19(39)7-11(12)26(42-28)44-30(22)47-29;33-9-1-2-10(34)18-17(9)25-41-26(18)46-28-21-13(37)5-6-14(38)22(21)30(43-28)48-32-24-16(40)8-7-15(39)23(24)31(44-32)47-29-20-12(36)4-3-11(35)19(20)27(42-29)45-25;;;/h3*1-8H;;;/q3*-2;3*+2/p+6. The monoisotopic (exact) mass is 2050 g/mol. The first kappa shape index (κ1) is 95.2. The minimum Gasteiger partial charge on any atom is -0.357 e. The van der Waals surface area contributed by atoms with Gasteiger partial charge in [-0.1, -0.05) is 34.9 Å². The Morgan fingerprint density at radius 1 is 0.136 bits per heavy atom. The molecule has 147 heavy (non-hydrogen) atoms. The number of aromatic amines is 6. The van der Waals surface area contributed by atoms with Crippen LogP contribution in [0.25, 0.3) is 269 Å². The minimum absolute atomic E-state index is 0. The van der Waals surface area contributed by atoms with Gasteiger partial charge in [-0.3, -0.25) is 29.9 Å². The van der Waals surface area contributed by atoms with Crippen molar-refractivity contribution in [3.63, 3.8) is 0 Å². The minimum atomic E-state index is -1.29. The normalized spacial score (nSPS) is 11.9. The quantitative estimate of drug-likeness (QED) is 0.101. The van der Waals surface area contributed by atoms with Gasteiger partial charge in [-0.15, -0.1) is 0 Å². The van der Waals surface area contributed by atoms with E-state index in [0.717, 1.165) is 146 Å². The molecule has 0 atom stereocenters. The number of H-pyrrole nitrogens is 6. The van der Waals surface area contributed by atoms with Crippen LogP contribution >= 0.6 is 0 Å². The molecular weight excluding hydrogens is 2020 g/mol. The second kappa shape index (κ2) is 34.8. The van der Waals surface area contributed by atoms with Crippen molar-refractivity contribution in [2.45, 2.75) is 0 Å². The molecule has 6 aliphatic heterocycles. The third-order valence-corrected chi connectivity index (χ3v) is 24.0. The van der Waals surface area contributed by atoms with Gasteiger partial charge in [0.05, 0.1) is 55.1 Å². The van der Waals surface area contributed by atoms with Gasteiger partial charge in [0.2, 0.25) is 0 Å². The molecule has 6 N–H and O–H groups in total. The first-order valence-electron chi connectivity index (χ1n) is 41.5. The molecule has 702 valence electrons. The Labute approximate surface area is 842 Å². The van der Waals surface area contributed by atoms with Crippen LogP contribution in [-0.4, -0.2) is 129 Å². The van der Waals surface area contributed by atoms with Gasteiger partial charge in [0, 0.05) is 71.5 Å². The number of rotatable bonds is 0. The largest absolute Gasteiger partial charge is 2.00 e. The third-order valence-electron chi connectivity index (χ3n) is 24.0. The smallest absolute Gasteiger partial charge is 0.357 e. The molecule has 21 aromatic rings. The Balaban J connectivity index is 0.000000124. The second-order valence-electron chi connectivity index (χ2n) is 32.4. The Morgan fingerprint density at radius 2 is 0.252 bits per heavy atom. The molecule has 24 bridgehead atoms. The van der Waals surface area contributed by atoms with E-state index in [4.69, 9.17) is 0 Å². The van der Waals surface area contributed by atoms with Gasteiger partial charge >= 0.3 is 69.2 Å². The Bertz CT molecular complexity index is 9110. The SMILES string of the molecule is Fc1cc2c(cc1F)-c1nc3[n-]c(nc4[nH+]c(nc5[n-]c(nc-2[nH+]1)c1cc(F)c(F)cc51)-c1cc(F)c(F)cc1-4)c1cc(F)c(F)cc31.Fc1cc2c3nc4[nH+]c(nc5[n-]c(nc6[nH+]c(nc([n-]3)c2cc1F)-c1c(F)ccc(F)c1-6)c1cc(F)c(F)cc51)-c1c(F)ccc(F)c1-4.Fc1ccc(F)c2c1-c1nc3[n-]c(nc4[nH+]c(nc5[n-]c(nc-2[nH+]1)c1c(F)ccc(F)c51)-c1c(F)ccc(F)c1-4)c1c(F)ccc(F)c31.[Mg+2].[Mg+2].[Mg+2]. The maximum atomic E-state index is 15.3. The summed E-state index contributed by atoms with van der Waals surface area (Å²) in [6.45, 7) is 0. The van der Waals surface area contributed by atoms with Crippen LogP contribution in [0.2, 0.25) is 0 Å². The number of halogens is 24. The Morgan fingerprint density at radius 3 is 0.408 bits per heavy atom. The average molecular weight is 2050 g/mol. The summed E-state index contributed by atoms with van der Waals surface area (Å²) in [5, 5.41) is -2.70. The van der Waals surface area contributed by atoms with E-state index in [2.05, 4.69) is 120 Å². The van der Waals surface area contributed by atoms with Crippen molar-refractivity contribution in [2.75, 3.05) is 0 Å². The number of fused-ring (bicyclic) bond motifs is 60. The molecule has 0 aliphatic carbocycles. The van der Waals surface area contributed by atoms with Gasteiger partial charge in [0.15, 0.2) is 109 Å². The summed E-state index contributed by atoms with van der Waals surface area (Å²) in [5.74, 6) is -30.9. The molecule has 0 spiro atoms. The van der Waals surface area contributed by atoms with Crippen molar-refractivity contribution < 1.29 is 135 Å². The van der Waals surface area contributed by atoms with E-state index >= 15 is 52.7 Å². The zero-order valence-electron chi connectivity index (χ0n) is 72.1. The van der Waals surface area contributed by atoms with E-state index in [9.17, 15) is 52.7 Å². The predicted octanol–water partition coefficient (Wildman–Crippen LogP) is 17.1. The zero-order chi connectivity index (χ0) is 99.5. The molecule has 0 radical (unpaired) electrons. The van der Waals surface area contributed by atoms with Crippen LogP contribution in [-0.2, 0) is 0 Å². The van der Waals surface area contributed by atoms with Crippen LogP contribution in [0, 0.1) is 140 Å². The van der Waals surface area contributed by atoms with E-state index in [1.54, 1.807) is 0 Å². The first-order valence-corrected chi connectivity index (χ1v) is 41.5. The van der Waals surface area contributed by atoms with Gasteiger partial charge in [0.1, 0.15) is 121 Å². The van der Waals surface area contributed by atoms with Crippen molar-refractivity contribution in [3.05, 3.63) is 285 Å². The summed E-state index contributed by atoms with van der Waals surface area (Å²) in [4.78, 5) is 93.3. The summed E-state index contributed by atoms with van der Waals surface area (Å²) in [5.41, 5.74) is -8.13. The molecule has 51 heteroatoms. The molecule has 0 unspecified atom stereocenters. The van der Waals surface area contributed by atoms with E-state index in [0.29, 0.717) is 0 Å². The number of nitrogens with one attached hydrogen (secondary N) is 6. The van der Waals surface area contributed by atoms with Crippen LogP contribution in [0.1, 0.15) is 0 Å². The number of benzene rings is 12. The molecular formula is C96H30F24Mg3N24+6. The van der Waals surface area contributed by atoms with Gasteiger partial charge in [-0.05, 0) is 156 Å². The summed E-state index contributed by atoms with van der Waals surface area (Å²) >= 11 is 0. The van der Waals surface area contributed by atoms with Gasteiger partial charge in [0.25, 0.3) is 40.8 Å². The Kier molecular flexibility index (Phi) is 22.6. The summed E-state index contributed by atoms with van der Waals surface area (Å²) < 4.78 is 358. The molecule has 6 aliphatic rings. The number of nitrogens with zero attached hydrogens (tertiary/aromatic N) is 18. The number of hydrogen-bond acceptors (Lipinski definition) is 12. The predicted molar refractivity (Wildman–Crippen MR) is 471 cm³/mol. The molecule has 12 aromatic carbocycles. The van der Waals surface area contributed by atoms with Crippen molar-refractivity contribution in [1.82, 2.24) is 89.7 Å².